The van der Waals surface area contributed by atoms with Crippen molar-refractivity contribution in [1.82, 2.24) is 5.43 Å². The highest BCUT2D eigenvalue weighted by atomic mass is 35.5. The lowest BCUT2D eigenvalue weighted by Crippen LogP contribution is -2.35. The average Bonchev–Trinajstić information content (AvgIpc) is 3.03. The number of carbonyl (C=O) groups excluding carboxylic acids is 2. The van der Waals surface area contributed by atoms with Crippen molar-refractivity contribution in [2.45, 2.75) is 13.5 Å². The first-order valence-electron chi connectivity index (χ1n) is 9.41. The molecule has 3 aromatic carbocycles. The van der Waals surface area contributed by atoms with Gasteiger partial charge in [0.25, 0.3) is 11.8 Å². The molecule has 1 N–H and O–H groups in total. The number of amides is 2. The van der Waals surface area contributed by atoms with Crippen LogP contribution in [0.25, 0.3) is 6.08 Å². The van der Waals surface area contributed by atoms with E-state index in [-0.39, 0.29) is 5.57 Å². The highest BCUT2D eigenvalue weighted by Crippen LogP contribution is 2.28. The second-order valence-electron chi connectivity index (χ2n) is 6.93. The van der Waals surface area contributed by atoms with E-state index in [1.54, 1.807) is 42.5 Å². The molecule has 0 radical (unpaired) electrons. The molecule has 5 nitrogen and oxygen atoms in total. The Balaban J connectivity index is 1.61. The summed E-state index contributed by atoms with van der Waals surface area (Å²) in [5.74, 6) is -0.379. The van der Waals surface area contributed by atoms with Gasteiger partial charge in [-0.2, -0.15) is 0 Å². The van der Waals surface area contributed by atoms with Gasteiger partial charge in [0.15, 0.2) is 0 Å². The van der Waals surface area contributed by atoms with Crippen LogP contribution in [0.1, 0.15) is 16.7 Å². The van der Waals surface area contributed by atoms with E-state index in [1.165, 1.54) is 16.6 Å². The number of halogens is 1. The Bertz CT molecular complexity index is 1120. The number of hydrogen-bond donors (Lipinski definition) is 1. The zero-order valence-electron chi connectivity index (χ0n) is 16.3. The molecule has 1 heterocycles. The van der Waals surface area contributed by atoms with Gasteiger partial charge in [-0.15, -0.1) is 0 Å². The number of nitrogens with one attached hydrogen (secondary N) is 1. The first-order valence-corrected chi connectivity index (χ1v) is 9.79. The maximum atomic E-state index is 12.8. The summed E-state index contributed by atoms with van der Waals surface area (Å²) in [5, 5.41) is 1.71. The average molecular weight is 419 g/mol. The molecule has 6 heteroatoms. The topological polar surface area (TPSA) is 58.6 Å². The Hall–Kier alpha value is -3.57. The smallest absolute Gasteiger partial charge is 0.282 e. The van der Waals surface area contributed by atoms with Crippen molar-refractivity contribution in [1.29, 1.82) is 0 Å². The van der Waals surface area contributed by atoms with E-state index in [0.29, 0.717) is 28.6 Å². The summed E-state index contributed by atoms with van der Waals surface area (Å²) in [7, 11) is 0. The Morgan fingerprint density at radius 2 is 1.73 bits per heavy atom. The van der Waals surface area contributed by atoms with E-state index in [2.05, 4.69) is 5.43 Å². The fraction of sp³-hybridized carbons (Fsp3) is 0.0833. The third-order valence-electron chi connectivity index (χ3n) is 4.69. The van der Waals surface area contributed by atoms with E-state index in [4.69, 9.17) is 16.3 Å². The third kappa shape index (κ3) is 4.21. The lowest BCUT2D eigenvalue weighted by molar-refractivity contribution is -0.117. The van der Waals surface area contributed by atoms with Gasteiger partial charge in [0.2, 0.25) is 0 Å². The van der Waals surface area contributed by atoms with Gasteiger partial charge in [0.05, 0.1) is 5.69 Å². The minimum absolute atomic E-state index is 0.0151. The highest BCUT2D eigenvalue weighted by molar-refractivity contribution is 6.32. The maximum Gasteiger partial charge on any atom is 0.282 e. The predicted octanol–water partition coefficient (Wildman–Crippen LogP) is 4.69. The van der Waals surface area contributed by atoms with Crippen LogP contribution < -0.4 is 15.2 Å². The molecular formula is C24H19ClN2O3. The van der Waals surface area contributed by atoms with Crippen LogP contribution in [0.2, 0.25) is 5.02 Å². The number of rotatable bonds is 5. The molecule has 2 amide bonds. The second kappa shape index (κ2) is 8.43. The first kappa shape index (κ1) is 19.7. The third-order valence-corrected chi connectivity index (χ3v) is 4.93. The predicted molar refractivity (Wildman–Crippen MR) is 117 cm³/mol. The molecular weight excluding hydrogens is 400 g/mol. The van der Waals surface area contributed by atoms with Gasteiger partial charge in [0, 0.05) is 10.6 Å². The maximum absolute atomic E-state index is 12.8. The van der Waals surface area contributed by atoms with Crippen LogP contribution in [0.15, 0.2) is 78.4 Å². The summed E-state index contributed by atoms with van der Waals surface area (Å²) >= 11 is 6.15. The number of carbonyl (C=O) groups is 2. The van der Waals surface area contributed by atoms with Crippen molar-refractivity contribution in [3.63, 3.8) is 0 Å². The summed E-state index contributed by atoms with van der Waals surface area (Å²) in [6.45, 7) is 2.38. The summed E-state index contributed by atoms with van der Waals surface area (Å²) in [4.78, 5) is 25.3. The normalized spacial score (nSPS) is 14.9. The molecule has 0 saturated carbocycles. The molecule has 1 fully saturated rings. The van der Waals surface area contributed by atoms with Crippen molar-refractivity contribution in [3.8, 4) is 5.75 Å². The monoisotopic (exact) mass is 418 g/mol. The lowest BCUT2D eigenvalue weighted by atomic mass is 10.1. The van der Waals surface area contributed by atoms with Crippen LogP contribution in [-0.4, -0.2) is 11.8 Å². The van der Waals surface area contributed by atoms with E-state index < -0.39 is 11.8 Å². The molecule has 150 valence electrons. The molecule has 0 aromatic heterocycles. The number of aryl methyl sites for hydroxylation is 1. The molecule has 0 unspecified atom stereocenters. The number of nitrogens with zero attached hydrogens (tertiary/aromatic N) is 1. The van der Waals surface area contributed by atoms with Crippen LogP contribution in [0, 0.1) is 6.92 Å². The molecule has 0 spiro atoms. The minimum Gasteiger partial charge on any atom is -0.488 e. The summed E-state index contributed by atoms with van der Waals surface area (Å²) in [6.07, 6.45) is 1.51. The van der Waals surface area contributed by atoms with E-state index in [9.17, 15) is 9.59 Å². The number of para-hydroxylation sites is 1. The number of benzene rings is 3. The van der Waals surface area contributed by atoms with Crippen molar-refractivity contribution in [2.75, 3.05) is 5.01 Å². The van der Waals surface area contributed by atoms with Crippen molar-refractivity contribution < 1.29 is 14.3 Å². The van der Waals surface area contributed by atoms with Gasteiger partial charge in [0.1, 0.15) is 17.9 Å². The standard InChI is InChI=1S/C24H19ClN2O3/c1-16-7-9-17(10-8-16)15-30-22-12-11-19(25)13-18(22)14-21-23(28)26-27(24(21)29)20-5-3-2-4-6-20/h2-14H,15H2,1H3,(H,26,28). The van der Waals surface area contributed by atoms with Crippen LogP contribution in [0.3, 0.4) is 0 Å². The summed E-state index contributed by atoms with van der Waals surface area (Å²) in [6, 6.07) is 22.1. The molecule has 0 bridgehead atoms. The van der Waals surface area contributed by atoms with Crippen molar-refractivity contribution in [2.24, 2.45) is 0 Å². The molecule has 1 aliphatic heterocycles. The van der Waals surface area contributed by atoms with Gasteiger partial charge >= 0.3 is 0 Å². The number of hydrogen-bond acceptors (Lipinski definition) is 3. The van der Waals surface area contributed by atoms with E-state index >= 15 is 0 Å². The van der Waals surface area contributed by atoms with Crippen molar-refractivity contribution in [3.05, 3.63) is 100 Å². The van der Waals surface area contributed by atoms with Crippen LogP contribution in [-0.2, 0) is 16.2 Å². The first-order chi connectivity index (χ1) is 14.5. The Morgan fingerprint density at radius 1 is 1.00 bits per heavy atom. The minimum atomic E-state index is -0.478. The zero-order chi connectivity index (χ0) is 21.1. The van der Waals surface area contributed by atoms with Crippen LogP contribution >= 0.6 is 11.6 Å². The largest absolute Gasteiger partial charge is 0.488 e. The Labute approximate surface area is 179 Å². The number of anilines is 1. The number of hydrazine groups is 1. The summed E-state index contributed by atoms with van der Waals surface area (Å²) < 4.78 is 5.95. The Kier molecular flexibility index (Phi) is 5.55. The van der Waals surface area contributed by atoms with Gasteiger partial charge in [-0.1, -0.05) is 59.6 Å². The molecule has 4 rings (SSSR count). The SMILES string of the molecule is Cc1ccc(COc2ccc(Cl)cc2C=C2C(=O)NN(c3ccccc3)C2=O)cc1. The van der Waals surface area contributed by atoms with E-state index in [1.807, 2.05) is 37.3 Å². The fourth-order valence-corrected chi connectivity index (χ4v) is 3.26. The lowest BCUT2D eigenvalue weighted by Gasteiger charge is -2.14. The molecule has 1 saturated heterocycles. The van der Waals surface area contributed by atoms with Gasteiger partial charge in [-0.3, -0.25) is 15.0 Å². The molecule has 0 aliphatic carbocycles. The van der Waals surface area contributed by atoms with Gasteiger partial charge in [-0.25, -0.2) is 5.01 Å². The molecule has 1 aliphatic rings. The highest BCUT2D eigenvalue weighted by Gasteiger charge is 2.34. The summed E-state index contributed by atoms with van der Waals surface area (Å²) in [5.41, 5.74) is 5.93. The molecule has 3 aromatic rings. The van der Waals surface area contributed by atoms with E-state index in [0.717, 1.165) is 5.56 Å². The second-order valence-corrected chi connectivity index (χ2v) is 7.37. The Morgan fingerprint density at radius 3 is 2.47 bits per heavy atom. The zero-order valence-corrected chi connectivity index (χ0v) is 17.0. The molecule has 30 heavy (non-hydrogen) atoms. The van der Waals surface area contributed by atoms with Gasteiger partial charge in [-0.05, 0) is 48.9 Å². The van der Waals surface area contributed by atoms with Crippen LogP contribution in [0.5, 0.6) is 5.75 Å². The fourth-order valence-electron chi connectivity index (χ4n) is 3.08. The van der Waals surface area contributed by atoms with Gasteiger partial charge < -0.3 is 4.74 Å². The van der Waals surface area contributed by atoms with Crippen molar-refractivity contribution >= 4 is 35.2 Å². The quantitative estimate of drug-likeness (QED) is 0.483. The number of ether oxygens (including phenoxy) is 1. The molecule has 0 atom stereocenters. The van der Waals surface area contributed by atoms with Crippen LogP contribution in [0.4, 0.5) is 5.69 Å².